The summed E-state index contributed by atoms with van der Waals surface area (Å²) >= 11 is 1.36. The van der Waals surface area contributed by atoms with Crippen LogP contribution in [0.3, 0.4) is 0 Å². The molecule has 0 unspecified atom stereocenters. The van der Waals surface area contributed by atoms with Crippen molar-refractivity contribution in [3.8, 4) is 0 Å². The second-order valence-electron chi connectivity index (χ2n) is 2.80. The molecule has 2 heterocycles. The van der Waals surface area contributed by atoms with Gasteiger partial charge in [-0.2, -0.15) is 4.98 Å². The molecule has 0 fully saturated rings. The Bertz CT molecular complexity index is 451. The summed E-state index contributed by atoms with van der Waals surface area (Å²) in [5.74, 6) is 0.613. The average molecular weight is 224 g/mol. The Morgan fingerprint density at radius 1 is 1.67 bits per heavy atom. The van der Waals surface area contributed by atoms with E-state index in [2.05, 4.69) is 20.4 Å². The Balaban J connectivity index is 1.93. The van der Waals surface area contributed by atoms with Gasteiger partial charge in [-0.1, -0.05) is 5.16 Å². The molecule has 1 N–H and O–H groups in total. The number of aryl methyl sites for hydroxylation is 1. The molecule has 2 rings (SSSR count). The summed E-state index contributed by atoms with van der Waals surface area (Å²) in [7, 11) is 0. The number of carbonyl (C=O) groups excluding carboxylic acids is 1. The molecule has 0 saturated carbocycles. The van der Waals surface area contributed by atoms with Gasteiger partial charge < -0.3 is 9.84 Å². The zero-order valence-electron chi connectivity index (χ0n) is 7.93. The third-order valence-corrected chi connectivity index (χ3v) is 2.25. The van der Waals surface area contributed by atoms with Gasteiger partial charge >= 0.3 is 0 Å². The number of aromatic nitrogens is 3. The standard InChI is InChI=1S/C8H8N4O2S/c1-5-10-7(14-12-5)4-6(13)11-8-9-2-3-15-8/h2-3H,4H2,1H3,(H,9,11,13). The summed E-state index contributed by atoms with van der Waals surface area (Å²) in [5, 5.41) is 8.56. The number of hydrogen-bond donors (Lipinski definition) is 1. The van der Waals surface area contributed by atoms with Crippen molar-refractivity contribution in [2.75, 3.05) is 5.32 Å². The molecular weight excluding hydrogens is 216 g/mol. The van der Waals surface area contributed by atoms with Crippen molar-refractivity contribution in [1.29, 1.82) is 0 Å². The molecular formula is C8H8N4O2S. The highest BCUT2D eigenvalue weighted by atomic mass is 32.1. The molecule has 2 aromatic rings. The van der Waals surface area contributed by atoms with Gasteiger partial charge in [-0.25, -0.2) is 4.98 Å². The minimum absolute atomic E-state index is 0.0699. The predicted octanol–water partition coefficient (Wildman–Crippen LogP) is 1.02. The van der Waals surface area contributed by atoms with Crippen molar-refractivity contribution in [3.63, 3.8) is 0 Å². The molecule has 0 aromatic carbocycles. The van der Waals surface area contributed by atoms with Gasteiger partial charge in [0.2, 0.25) is 11.8 Å². The molecule has 0 atom stereocenters. The molecule has 0 bridgehead atoms. The molecule has 0 aliphatic rings. The molecule has 2 aromatic heterocycles. The normalized spacial score (nSPS) is 10.2. The van der Waals surface area contributed by atoms with E-state index in [0.717, 1.165) is 0 Å². The van der Waals surface area contributed by atoms with E-state index in [1.807, 2.05) is 0 Å². The lowest BCUT2D eigenvalue weighted by atomic mass is 10.4. The minimum Gasteiger partial charge on any atom is -0.339 e. The summed E-state index contributed by atoms with van der Waals surface area (Å²) in [6.45, 7) is 1.70. The number of carbonyl (C=O) groups is 1. The van der Waals surface area contributed by atoms with Crippen molar-refractivity contribution >= 4 is 22.4 Å². The minimum atomic E-state index is -0.214. The van der Waals surface area contributed by atoms with Crippen LogP contribution in [0, 0.1) is 6.92 Å². The fourth-order valence-electron chi connectivity index (χ4n) is 0.998. The maximum Gasteiger partial charge on any atom is 0.236 e. The maximum absolute atomic E-state index is 11.4. The number of nitrogens with zero attached hydrogens (tertiary/aromatic N) is 3. The zero-order chi connectivity index (χ0) is 10.7. The molecule has 7 heteroatoms. The van der Waals surface area contributed by atoms with Gasteiger partial charge in [-0.15, -0.1) is 11.3 Å². The van der Waals surface area contributed by atoms with Gasteiger partial charge in [0, 0.05) is 11.6 Å². The molecule has 15 heavy (non-hydrogen) atoms. The van der Waals surface area contributed by atoms with Crippen molar-refractivity contribution in [2.24, 2.45) is 0 Å². The van der Waals surface area contributed by atoms with E-state index >= 15 is 0 Å². The number of thiazole rings is 1. The lowest BCUT2D eigenvalue weighted by Crippen LogP contribution is -2.14. The topological polar surface area (TPSA) is 80.9 Å². The second-order valence-corrected chi connectivity index (χ2v) is 3.69. The Hall–Kier alpha value is -1.76. The molecule has 0 aliphatic carbocycles. The lowest BCUT2D eigenvalue weighted by Gasteiger charge is -1.96. The quantitative estimate of drug-likeness (QED) is 0.841. The molecule has 1 amide bonds. The first kappa shape index (κ1) is 9.78. The van der Waals surface area contributed by atoms with Crippen molar-refractivity contribution in [3.05, 3.63) is 23.3 Å². The molecule has 0 saturated heterocycles. The van der Waals surface area contributed by atoms with Gasteiger partial charge in [0.05, 0.1) is 0 Å². The summed E-state index contributed by atoms with van der Waals surface area (Å²) in [5.41, 5.74) is 0. The Kier molecular flexibility index (Phi) is 2.72. The lowest BCUT2D eigenvalue weighted by molar-refractivity contribution is -0.115. The first-order valence-corrected chi connectivity index (χ1v) is 5.10. The highest BCUT2D eigenvalue weighted by Gasteiger charge is 2.10. The van der Waals surface area contributed by atoms with E-state index in [0.29, 0.717) is 16.8 Å². The van der Waals surface area contributed by atoms with Crippen molar-refractivity contribution in [2.45, 2.75) is 13.3 Å². The zero-order valence-corrected chi connectivity index (χ0v) is 8.74. The number of hydrogen-bond acceptors (Lipinski definition) is 6. The molecule has 0 spiro atoms. The van der Waals surface area contributed by atoms with Crippen LogP contribution < -0.4 is 5.32 Å². The molecule has 0 radical (unpaired) electrons. The van der Waals surface area contributed by atoms with Crippen LogP contribution in [0.2, 0.25) is 0 Å². The van der Waals surface area contributed by atoms with Crippen LogP contribution in [0.1, 0.15) is 11.7 Å². The molecule has 78 valence electrons. The van der Waals surface area contributed by atoms with Crippen molar-refractivity contribution < 1.29 is 9.32 Å². The van der Waals surface area contributed by atoms with E-state index in [9.17, 15) is 4.79 Å². The Morgan fingerprint density at radius 3 is 3.13 bits per heavy atom. The highest BCUT2D eigenvalue weighted by Crippen LogP contribution is 2.10. The number of amides is 1. The second kappa shape index (κ2) is 4.18. The van der Waals surface area contributed by atoms with Gasteiger partial charge in [-0.05, 0) is 6.92 Å². The first-order chi connectivity index (χ1) is 7.24. The van der Waals surface area contributed by atoms with Gasteiger partial charge in [0.25, 0.3) is 0 Å². The van der Waals surface area contributed by atoms with Crippen LogP contribution in [-0.2, 0) is 11.2 Å². The first-order valence-electron chi connectivity index (χ1n) is 4.22. The number of nitrogens with one attached hydrogen (secondary N) is 1. The summed E-state index contributed by atoms with van der Waals surface area (Å²) < 4.78 is 4.82. The summed E-state index contributed by atoms with van der Waals surface area (Å²) in [6.07, 6.45) is 1.69. The summed E-state index contributed by atoms with van der Waals surface area (Å²) in [6, 6.07) is 0. The van der Waals surface area contributed by atoms with Crippen LogP contribution in [0.25, 0.3) is 0 Å². The Morgan fingerprint density at radius 2 is 2.53 bits per heavy atom. The van der Waals surface area contributed by atoms with Crippen molar-refractivity contribution in [1.82, 2.24) is 15.1 Å². The van der Waals surface area contributed by atoms with Gasteiger partial charge in [-0.3, -0.25) is 4.79 Å². The van der Waals surface area contributed by atoms with E-state index in [-0.39, 0.29) is 12.3 Å². The molecule has 6 nitrogen and oxygen atoms in total. The Labute approximate surface area is 89.3 Å². The van der Waals surface area contributed by atoms with Crippen LogP contribution in [0.5, 0.6) is 0 Å². The third kappa shape index (κ3) is 2.59. The number of anilines is 1. The van der Waals surface area contributed by atoms with E-state index in [1.54, 1.807) is 18.5 Å². The average Bonchev–Trinajstić information content (AvgIpc) is 2.77. The SMILES string of the molecule is Cc1noc(CC(=O)Nc2nccs2)n1. The predicted molar refractivity (Wildman–Crippen MR) is 53.5 cm³/mol. The van der Waals surface area contributed by atoms with Gasteiger partial charge in [0.1, 0.15) is 6.42 Å². The highest BCUT2D eigenvalue weighted by molar-refractivity contribution is 7.13. The fraction of sp³-hybridized carbons (Fsp3) is 0.250. The van der Waals surface area contributed by atoms with E-state index in [1.165, 1.54) is 11.3 Å². The smallest absolute Gasteiger partial charge is 0.236 e. The number of rotatable bonds is 3. The van der Waals surface area contributed by atoms with Crippen LogP contribution >= 0.6 is 11.3 Å². The largest absolute Gasteiger partial charge is 0.339 e. The van der Waals surface area contributed by atoms with E-state index in [4.69, 9.17) is 4.52 Å². The third-order valence-electron chi connectivity index (χ3n) is 1.56. The molecule has 0 aliphatic heterocycles. The summed E-state index contributed by atoms with van der Waals surface area (Å²) in [4.78, 5) is 19.3. The maximum atomic E-state index is 11.4. The monoisotopic (exact) mass is 224 g/mol. The van der Waals surface area contributed by atoms with Crippen LogP contribution in [0.15, 0.2) is 16.1 Å². The van der Waals surface area contributed by atoms with Crippen LogP contribution in [0.4, 0.5) is 5.13 Å². The van der Waals surface area contributed by atoms with Crippen LogP contribution in [-0.4, -0.2) is 21.0 Å². The van der Waals surface area contributed by atoms with Gasteiger partial charge in [0.15, 0.2) is 11.0 Å². The fourth-order valence-corrected chi connectivity index (χ4v) is 1.54. The van der Waals surface area contributed by atoms with E-state index < -0.39 is 0 Å².